The van der Waals surface area contributed by atoms with Crippen LogP contribution in [0, 0.1) is 12.8 Å². The van der Waals surface area contributed by atoms with Crippen LogP contribution in [0.3, 0.4) is 0 Å². The lowest BCUT2D eigenvalue weighted by atomic mass is 9.80. The molecule has 0 aromatic heterocycles. The highest BCUT2D eigenvalue weighted by Crippen LogP contribution is 2.37. The molecule has 120 valence electrons. The van der Waals surface area contributed by atoms with Crippen LogP contribution in [0.4, 0.5) is 5.69 Å². The summed E-state index contributed by atoms with van der Waals surface area (Å²) in [6.45, 7) is 2.08. The molecule has 1 N–H and O–H groups in total. The summed E-state index contributed by atoms with van der Waals surface area (Å²) in [6, 6.07) is 16.6. The molecule has 1 aliphatic rings. The number of halogens is 1. The quantitative estimate of drug-likeness (QED) is 0.749. The number of benzene rings is 2. The van der Waals surface area contributed by atoms with Gasteiger partial charge < -0.3 is 5.32 Å². The van der Waals surface area contributed by atoms with E-state index < -0.39 is 0 Å². The van der Waals surface area contributed by atoms with Crippen molar-refractivity contribution in [2.24, 2.45) is 5.92 Å². The van der Waals surface area contributed by atoms with E-state index in [-0.39, 0.29) is 12.0 Å². The van der Waals surface area contributed by atoms with E-state index in [1.54, 1.807) is 0 Å². The van der Waals surface area contributed by atoms with Gasteiger partial charge in [-0.05, 0) is 43.5 Å². The van der Waals surface area contributed by atoms with Crippen molar-refractivity contribution >= 4 is 27.4 Å². The third-order valence-electron chi connectivity index (χ3n) is 4.62. The van der Waals surface area contributed by atoms with Crippen molar-refractivity contribution in [3.05, 3.63) is 64.1 Å². The fourth-order valence-corrected chi connectivity index (χ4v) is 3.85. The van der Waals surface area contributed by atoms with E-state index in [9.17, 15) is 4.79 Å². The molecule has 0 heterocycles. The molecule has 0 aliphatic heterocycles. The maximum absolute atomic E-state index is 12.5. The molecule has 1 fully saturated rings. The van der Waals surface area contributed by atoms with E-state index in [4.69, 9.17) is 0 Å². The summed E-state index contributed by atoms with van der Waals surface area (Å²) < 4.78 is 1.06. The number of carbonyl (C=O) groups excluding carboxylic acids is 1. The number of hydrogen-bond acceptors (Lipinski definition) is 2. The lowest BCUT2D eigenvalue weighted by molar-refractivity contribution is -0.125. The second-order valence-electron chi connectivity index (χ2n) is 6.33. The lowest BCUT2D eigenvalue weighted by Gasteiger charge is -2.31. The Morgan fingerprint density at radius 3 is 2.52 bits per heavy atom. The molecule has 0 spiro atoms. The van der Waals surface area contributed by atoms with Gasteiger partial charge in [-0.2, -0.15) is 0 Å². The number of anilines is 1. The Hall–Kier alpha value is -1.61. The van der Waals surface area contributed by atoms with E-state index in [2.05, 4.69) is 58.5 Å². The highest BCUT2D eigenvalue weighted by molar-refractivity contribution is 9.10. The first kappa shape index (κ1) is 16.3. The zero-order valence-corrected chi connectivity index (χ0v) is 15.0. The third-order valence-corrected chi connectivity index (χ3v) is 5.34. The van der Waals surface area contributed by atoms with Gasteiger partial charge in [0.1, 0.15) is 5.78 Å². The van der Waals surface area contributed by atoms with E-state index in [1.165, 1.54) is 5.56 Å². The predicted molar refractivity (Wildman–Crippen MR) is 98.6 cm³/mol. The first-order chi connectivity index (χ1) is 11.1. The van der Waals surface area contributed by atoms with Crippen LogP contribution >= 0.6 is 15.9 Å². The van der Waals surface area contributed by atoms with Crippen LogP contribution in [-0.4, -0.2) is 5.78 Å². The predicted octanol–water partition coefficient (Wildman–Crippen LogP) is 5.67. The standard InChI is InChI=1S/C20H22BrNO/c1-14-10-12-15(13-11-14)22-20(16-6-2-4-8-18(16)21)17-7-3-5-9-19(17)23/h2,4,6,8,10-13,17,20,22H,3,5,7,9H2,1H3. The van der Waals surface area contributed by atoms with Crippen LogP contribution in [-0.2, 0) is 4.79 Å². The highest BCUT2D eigenvalue weighted by atomic mass is 79.9. The Kier molecular flexibility index (Phi) is 5.16. The molecule has 1 saturated carbocycles. The van der Waals surface area contributed by atoms with Crippen LogP contribution in [0.25, 0.3) is 0 Å². The van der Waals surface area contributed by atoms with E-state index >= 15 is 0 Å². The summed E-state index contributed by atoms with van der Waals surface area (Å²) in [6.07, 6.45) is 3.83. The lowest BCUT2D eigenvalue weighted by Crippen LogP contribution is -2.30. The Bertz CT molecular complexity index is 680. The maximum Gasteiger partial charge on any atom is 0.138 e. The largest absolute Gasteiger partial charge is 0.377 e. The average molecular weight is 372 g/mol. The van der Waals surface area contributed by atoms with Gasteiger partial charge in [-0.25, -0.2) is 0 Å². The molecule has 0 saturated heterocycles. The van der Waals surface area contributed by atoms with Gasteiger partial charge >= 0.3 is 0 Å². The zero-order chi connectivity index (χ0) is 16.2. The van der Waals surface area contributed by atoms with Crippen LogP contribution in [0.1, 0.15) is 42.9 Å². The molecule has 2 aromatic rings. The molecule has 0 radical (unpaired) electrons. The smallest absolute Gasteiger partial charge is 0.138 e. The first-order valence-corrected chi connectivity index (χ1v) is 9.05. The molecular formula is C20H22BrNO. The molecule has 2 unspecified atom stereocenters. The fourth-order valence-electron chi connectivity index (χ4n) is 3.31. The molecule has 2 aromatic carbocycles. The van der Waals surface area contributed by atoms with Gasteiger partial charge in [0, 0.05) is 22.5 Å². The summed E-state index contributed by atoms with van der Waals surface area (Å²) in [5.41, 5.74) is 3.46. The van der Waals surface area contributed by atoms with Gasteiger partial charge in [0.25, 0.3) is 0 Å². The van der Waals surface area contributed by atoms with Crippen molar-refractivity contribution in [3.8, 4) is 0 Å². The molecule has 23 heavy (non-hydrogen) atoms. The molecule has 0 amide bonds. The molecule has 3 heteroatoms. The van der Waals surface area contributed by atoms with Crippen LogP contribution in [0.2, 0.25) is 0 Å². The van der Waals surface area contributed by atoms with E-state index in [0.29, 0.717) is 12.2 Å². The fraction of sp³-hybridized carbons (Fsp3) is 0.350. The zero-order valence-electron chi connectivity index (χ0n) is 13.4. The number of aryl methyl sites for hydroxylation is 1. The van der Waals surface area contributed by atoms with Crippen molar-refractivity contribution < 1.29 is 4.79 Å². The van der Waals surface area contributed by atoms with Crippen LogP contribution < -0.4 is 5.32 Å². The van der Waals surface area contributed by atoms with Gasteiger partial charge in [-0.15, -0.1) is 0 Å². The van der Waals surface area contributed by atoms with Gasteiger partial charge in [-0.1, -0.05) is 58.2 Å². The monoisotopic (exact) mass is 371 g/mol. The molecule has 2 nitrogen and oxygen atoms in total. The van der Waals surface area contributed by atoms with Gasteiger partial charge in [0.05, 0.1) is 6.04 Å². The average Bonchev–Trinajstić information content (AvgIpc) is 2.56. The van der Waals surface area contributed by atoms with Gasteiger partial charge in [-0.3, -0.25) is 4.79 Å². The summed E-state index contributed by atoms with van der Waals surface area (Å²) in [5, 5.41) is 3.61. The second-order valence-corrected chi connectivity index (χ2v) is 7.18. The summed E-state index contributed by atoms with van der Waals surface area (Å²) in [5.74, 6) is 0.431. The Morgan fingerprint density at radius 1 is 1.09 bits per heavy atom. The van der Waals surface area contributed by atoms with Gasteiger partial charge in [0.2, 0.25) is 0 Å². The Balaban J connectivity index is 1.94. The van der Waals surface area contributed by atoms with E-state index in [1.807, 2.05) is 18.2 Å². The summed E-state index contributed by atoms with van der Waals surface area (Å²) in [4.78, 5) is 12.5. The van der Waals surface area contributed by atoms with Crippen molar-refractivity contribution in [3.63, 3.8) is 0 Å². The highest BCUT2D eigenvalue weighted by Gasteiger charge is 2.32. The minimum absolute atomic E-state index is 0.0149. The second kappa shape index (κ2) is 7.31. The molecule has 3 rings (SSSR count). The number of carbonyl (C=O) groups is 1. The van der Waals surface area contributed by atoms with Crippen molar-refractivity contribution in [2.75, 3.05) is 5.32 Å². The van der Waals surface area contributed by atoms with Crippen molar-refractivity contribution in [1.82, 2.24) is 0 Å². The normalized spacial score (nSPS) is 19.4. The molecule has 1 aliphatic carbocycles. The number of hydrogen-bond donors (Lipinski definition) is 1. The van der Waals surface area contributed by atoms with Crippen molar-refractivity contribution in [1.29, 1.82) is 0 Å². The topological polar surface area (TPSA) is 29.1 Å². The SMILES string of the molecule is Cc1ccc(NC(c2ccccc2Br)C2CCCCC2=O)cc1. The number of nitrogens with one attached hydrogen (secondary N) is 1. The first-order valence-electron chi connectivity index (χ1n) is 8.25. The number of Topliss-reactive ketones (excluding diaryl/α,β-unsaturated/α-hetero) is 1. The minimum atomic E-state index is 0.0149. The molecular weight excluding hydrogens is 350 g/mol. The summed E-state index contributed by atoms with van der Waals surface area (Å²) >= 11 is 3.66. The summed E-state index contributed by atoms with van der Waals surface area (Å²) in [7, 11) is 0. The van der Waals surface area contributed by atoms with Crippen LogP contribution in [0.15, 0.2) is 53.0 Å². The molecule has 0 bridgehead atoms. The number of ketones is 1. The minimum Gasteiger partial charge on any atom is -0.377 e. The Labute approximate surface area is 146 Å². The molecule has 2 atom stereocenters. The number of rotatable bonds is 4. The van der Waals surface area contributed by atoms with Crippen molar-refractivity contribution in [2.45, 2.75) is 38.6 Å². The van der Waals surface area contributed by atoms with Gasteiger partial charge in [0.15, 0.2) is 0 Å². The Morgan fingerprint density at radius 2 is 1.83 bits per heavy atom. The maximum atomic E-state index is 12.5. The van der Waals surface area contributed by atoms with E-state index in [0.717, 1.165) is 35.0 Å². The third kappa shape index (κ3) is 3.84. The van der Waals surface area contributed by atoms with Crippen LogP contribution in [0.5, 0.6) is 0 Å².